The second-order valence-electron chi connectivity index (χ2n) is 20.9. The van der Waals surface area contributed by atoms with Crippen LogP contribution in [0.25, 0.3) is 0 Å². The van der Waals surface area contributed by atoms with Gasteiger partial charge in [0.2, 0.25) is 0 Å². The van der Waals surface area contributed by atoms with Crippen LogP contribution in [0.15, 0.2) is 33.2 Å². The van der Waals surface area contributed by atoms with E-state index in [9.17, 15) is 38.4 Å². The topological polar surface area (TPSA) is 210 Å². The highest BCUT2D eigenvalue weighted by molar-refractivity contribution is 9.11. The van der Waals surface area contributed by atoms with E-state index >= 15 is 0 Å². The molecule has 4 aromatic rings. The monoisotopic (exact) mass is 1240 g/mol. The molecule has 20 heteroatoms. The van der Waals surface area contributed by atoms with Crippen LogP contribution in [0.4, 0.5) is 0 Å². The fraction of sp³-hybridized carbons (Fsp3) is 0.448. The van der Waals surface area contributed by atoms with Gasteiger partial charge in [0, 0.05) is 156 Å². The summed E-state index contributed by atoms with van der Waals surface area (Å²) in [5.74, 6) is -9.40. The Balaban J connectivity index is 2.28. The highest BCUT2D eigenvalue weighted by atomic mass is 79.9. The third kappa shape index (κ3) is 14.9. The van der Waals surface area contributed by atoms with Crippen molar-refractivity contribution in [3.05, 3.63) is 88.8 Å². The molecule has 4 atom stereocenters. The van der Waals surface area contributed by atoms with Crippen molar-refractivity contribution < 1.29 is 76.3 Å². The van der Waals surface area contributed by atoms with Crippen molar-refractivity contribution in [2.75, 3.05) is 0 Å². The van der Waals surface area contributed by atoms with Gasteiger partial charge in [0.05, 0.1) is 0 Å². The van der Waals surface area contributed by atoms with Crippen LogP contribution in [-0.4, -0.2) is 57.2 Å². The number of hydrogen-bond acceptors (Lipinski definition) is 18. The van der Waals surface area contributed by atoms with Gasteiger partial charge in [-0.3, -0.25) is 38.4 Å². The predicted octanol–water partition coefficient (Wildman–Crippen LogP) is 13.6. The van der Waals surface area contributed by atoms with Crippen LogP contribution in [-0.2, 0) is 49.9 Å². The fourth-order valence-corrected chi connectivity index (χ4v) is 11.9. The second kappa shape index (κ2) is 25.2. The Morgan fingerprint density at radius 1 is 0.346 bits per heavy atom. The fourth-order valence-electron chi connectivity index (χ4n) is 8.94. The zero-order valence-corrected chi connectivity index (χ0v) is 51.9. The van der Waals surface area contributed by atoms with E-state index in [1.54, 1.807) is 52.0 Å². The number of benzene rings is 4. The molecule has 0 saturated heterocycles. The zero-order valence-electron chi connectivity index (χ0n) is 47.1. The lowest BCUT2D eigenvalue weighted by atomic mass is 9.79. The number of halogens is 2. The largest absolute Gasteiger partial charge is 0.426 e. The lowest BCUT2D eigenvalue weighted by Crippen LogP contribution is -2.19. The van der Waals surface area contributed by atoms with Crippen molar-refractivity contribution in [3.63, 3.8) is 0 Å². The van der Waals surface area contributed by atoms with Crippen LogP contribution in [0.3, 0.4) is 0 Å². The normalized spacial score (nSPS) is 16.1. The molecule has 16 nitrogen and oxygen atoms in total. The Kier molecular flexibility index (Phi) is 20.4. The number of fused-ring (bicyclic) bond motifs is 8. The third-order valence-electron chi connectivity index (χ3n) is 12.2. The van der Waals surface area contributed by atoms with E-state index in [1.165, 1.54) is 78.9 Å². The van der Waals surface area contributed by atoms with Crippen molar-refractivity contribution in [3.8, 4) is 46.0 Å². The van der Waals surface area contributed by atoms with Crippen molar-refractivity contribution in [2.24, 2.45) is 0 Å². The van der Waals surface area contributed by atoms with Gasteiger partial charge in [0.1, 0.15) is 31.9 Å². The van der Waals surface area contributed by atoms with E-state index in [0.717, 1.165) is 0 Å². The molecule has 0 spiro atoms. The number of carbonyl (C=O) groups excluding carboxylic acids is 8. The average molecular weight is 1240 g/mol. The summed E-state index contributed by atoms with van der Waals surface area (Å²) in [7, 11) is 0. The molecule has 8 bridgehead atoms. The first kappa shape index (κ1) is 63.1. The molecule has 1 aliphatic rings. The Bertz CT molecular complexity index is 2750. The van der Waals surface area contributed by atoms with Gasteiger partial charge in [-0.05, 0) is 56.1 Å². The lowest BCUT2D eigenvalue weighted by molar-refractivity contribution is -0.133. The smallest absolute Gasteiger partial charge is 0.308 e. The van der Waals surface area contributed by atoms with E-state index in [4.69, 9.17) is 37.9 Å². The van der Waals surface area contributed by atoms with Gasteiger partial charge in [0.15, 0.2) is 23.0 Å². The SMILES string of the molecule is CC(=O)Oc1c2cc(c(OC(C)=O)c1Br)C(C)c1cc(c(OC(C)=O)c(CSC(C)(C)C)c1OC(C)=O)C(C)c1cc(c(OC(C)=O)c(Br)c1OC(C)=O)C(C)c1cc(c(OC(C)=O)c(CSC(C)(C)C)c1OC(C)=O)C2C. The molecule has 78 heavy (non-hydrogen) atoms. The Morgan fingerprint density at radius 2 is 0.500 bits per heavy atom. The molecule has 5 rings (SSSR count). The number of ether oxygens (including phenoxy) is 8. The highest BCUT2D eigenvalue weighted by Gasteiger charge is 2.38. The molecule has 1 aliphatic carbocycles. The summed E-state index contributed by atoms with van der Waals surface area (Å²) >= 11 is 10.3. The van der Waals surface area contributed by atoms with Gasteiger partial charge >= 0.3 is 47.8 Å². The highest BCUT2D eigenvalue weighted by Crippen LogP contribution is 2.57. The minimum absolute atomic E-state index is 0.0355. The van der Waals surface area contributed by atoms with Crippen LogP contribution in [0.5, 0.6) is 46.0 Å². The Morgan fingerprint density at radius 3 is 0.654 bits per heavy atom. The molecule has 0 radical (unpaired) electrons. The number of carbonyl (C=O) groups is 8. The molecule has 4 aromatic carbocycles. The second-order valence-corrected chi connectivity index (χ2v) is 26.1. The first-order chi connectivity index (χ1) is 36.0. The maximum atomic E-state index is 13.4. The summed E-state index contributed by atoms with van der Waals surface area (Å²) in [5.41, 5.74) is 3.20. The number of esters is 8. The zero-order chi connectivity index (χ0) is 58.8. The van der Waals surface area contributed by atoms with E-state index in [0.29, 0.717) is 55.6 Å². The summed E-state index contributed by atoms with van der Waals surface area (Å²) in [6.45, 7) is 28.8. The van der Waals surface area contributed by atoms with Crippen molar-refractivity contribution in [1.82, 2.24) is 0 Å². The first-order valence-electron chi connectivity index (χ1n) is 24.9. The molecular formula is C58H66Br2O16S2. The summed E-state index contributed by atoms with van der Waals surface area (Å²) in [5, 5.41) is 0. The van der Waals surface area contributed by atoms with E-state index in [1.807, 2.05) is 41.5 Å². The molecule has 0 aliphatic heterocycles. The van der Waals surface area contributed by atoms with E-state index < -0.39 is 80.9 Å². The predicted molar refractivity (Wildman–Crippen MR) is 304 cm³/mol. The molecule has 0 amide bonds. The molecule has 420 valence electrons. The van der Waals surface area contributed by atoms with Crippen molar-refractivity contribution >= 4 is 103 Å². The maximum absolute atomic E-state index is 13.4. The Hall–Kier alpha value is -5.70. The van der Waals surface area contributed by atoms with Gasteiger partial charge in [-0.15, -0.1) is 0 Å². The van der Waals surface area contributed by atoms with E-state index in [-0.39, 0.29) is 66.4 Å². The molecular weight excluding hydrogens is 1180 g/mol. The van der Waals surface area contributed by atoms with Gasteiger partial charge in [-0.2, -0.15) is 23.5 Å². The molecule has 0 N–H and O–H groups in total. The Labute approximate surface area is 480 Å². The summed E-state index contributed by atoms with van der Waals surface area (Å²) in [6, 6.07) is 6.78. The molecule has 0 fully saturated rings. The van der Waals surface area contributed by atoms with E-state index in [2.05, 4.69) is 31.9 Å². The lowest BCUT2D eigenvalue weighted by Gasteiger charge is -2.31. The van der Waals surface area contributed by atoms with Gasteiger partial charge in [-0.1, -0.05) is 69.2 Å². The van der Waals surface area contributed by atoms with Crippen LogP contribution < -0.4 is 37.9 Å². The molecule has 0 aromatic heterocycles. The minimum atomic E-state index is -0.929. The summed E-state index contributed by atoms with van der Waals surface area (Å²) in [6.07, 6.45) is 0. The summed E-state index contributed by atoms with van der Waals surface area (Å²) < 4.78 is 48.3. The minimum Gasteiger partial charge on any atom is -0.426 e. The number of thioether (sulfide) groups is 2. The molecule has 0 saturated carbocycles. The van der Waals surface area contributed by atoms with Gasteiger partial charge in [0.25, 0.3) is 0 Å². The third-order valence-corrected chi connectivity index (χ3v) is 16.3. The maximum Gasteiger partial charge on any atom is 0.308 e. The number of rotatable bonds is 12. The van der Waals surface area contributed by atoms with Crippen LogP contribution in [0.1, 0.15) is 204 Å². The molecule has 4 unspecified atom stereocenters. The average Bonchev–Trinajstić information content (AvgIpc) is 3.30. The number of hydrogen-bond donors (Lipinski definition) is 0. The van der Waals surface area contributed by atoms with Gasteiger partial charge in [-0.25, -0.2) is 0 Å². The summed E-state index contributed by atoms with van der Waals surface area (Å²) in [4.78, 5) is 107. The molecule has 0 heterocycles. The van der Waals surface area contributed by atoms with Gasteiger partial charge < -0.3 is 37.9 Å². The first-order valence-corrected chi connectivity index (χ1v) is 28.5. The van der Waals surface area contributed by atoms with Crippen LogP contribution in [0, 0.1) is 0 Å². The van der Waals surface area contributed by atoms with Crippen LogP contribution >= 0.6 is 55.4 Å². The van der Waals surface area contributed by atoms with Crippen LogP contribution in [0.2, 0.25) is 0 Å². The standard InChI is InChI=1S/C58H66Br2O16S2/c1-25-37-19-38(50(70-30(6)62)45(23-77-57(13,14)15)49(37)69-29(5)61)26(2)43-22-44(56(76-36(12)68)48(60)55(43)75-35(11)67)28(4)40-20-39(51(71-31(7)63)46(24-78-58(16,17)18)52(40)72-32(8)64)27(3)42-21-41(25)53(73-33(9)65)47(59)54(42)74-34(10)66/h19-22,25-28H,23-24H2,1-18H3. The quantitative estimate of drug-likeness (QED) is 0.0953. The van der Waals surface area contributed by atoms with Crippen molar-refractivity contribution in [1.29, 1.82) is 0 Å². The van der Waals surface area contributed by atoms with Crippen molar-refractivity contribution in [2.45, 2.75) is 169 Å².